The number of rotatable bonds is 1. The highest BCUT2D eigenvalue weighted by Crippen LogP contribution is 2.19. The molecule has 0 saturated carbocycles. The van der Waals surface area contributed by atoms with Gasteiger partial charge < -0.3 is 9.64 Å². The zero-order valence-corrected chi connectivity index (χ0v) is 7.70. The molecule has 0 bridgehead atoms. The highest BCUT2D eigenvalue weighted by atomic mass is 16.5. The molecule has 69 valence electrons. The van der Waals surface area contributed by atoms with Gasteiger partial charge in [-0.3, -0.25) is 0 Å². The summed E-state index contributed by atoms with van der Waals surface area (Å²) < 4.78 is 5.30. The molecule has 1 aliphatic heterocycles. The molecular formula is C11H14NO. The third-order valence-electron chi connectivity index (χ3n) is 2.34. The van der Waals surface area contributed by atoms with E-state index in [9.17, 15) is 0 Å². The van der Waals surface area contributed by atoms with Crippen molar-refractivity contribution in [3.05, 3.63) is 36.8 Å². The summed E-state index contributed by atoms with van der Waals surface area (Å²) in [6.45, 7) is 7.63. The summed E-state index contributed by atoms with van der Waals surface area (Å²) in [6, 6.07) is 8.24. The first-order chi connectivity index (χ1) is 6.38. The van der Waals surface area contributed by atoms with Gasteiger partial charge in [0.2, 0.25) is 0 Å². The fourth-order valence-corrected chi connectivity index (χ4v) is 1.62. The molecule has 1 aromatic rings. The second kappa shape index (κ2) is 3.79. The first-order valence-electron chi connectivity index (χ1n) is 4.61. The zero-order valence-electron chi connectivity index (χ0n) is 7.70. The van der Waals surface area contributed by atoms with Crippen molar-refractivity contribution >= 4 is 5.69 Å². The first-order valence-corrected chi connectivity index (χ1v) is 4.61. The number of benzene rings is 1. The highest BCUT2D eigenvalue weighted by molar-refractivity contribution is 5.55. The van der Waals surface area contributed by atoms with E-state index in [2.05, 4.69) is 24.0 Å². The molecule has 2 rings (SSSR count). The van der Waals surface area contributed by atoms with E-state index >= 15 is 0 Å². The normalized spacial score (nSPS) is 17.5. The number of morpholine rings is 1. The van der Waals surface area contributed by atoms with Gasteiger partial charge in [-0.05, 0) is 18.6 Å². The largest absolute Gasteiger partial charge is 0.378 e. The molecule has 0 aliphatic carbocycles. The van der Waals surface area contributed by atoms with Crippen molar-refractivity contribution in [2.45, 2.75) is 0 Å². The lowest BCUT2D eigenvalue weighted by Crippen LogP contribution is -2.36. The molecule has 2 nitrogen and oxygen atoms in total. The van der Waals surface area contributed by atoms with E-state index in [1.54, 1.807) is 0 Å². The number of ether oxygens (including phenoxy) is 1. The van der Waals surface area contributed by atoms with Gasteiger partial charge in [0, 0.05) is 18.8 Å². The lowest BCUT2D eigenvalue weighted by Gasteiger charge is -2.29. The molecule has 1 saturated heterocycles. The average Bonchev–Trinajstić information content (AvgIpc) is 2.20. The summed E-state index contributed by atoms with van der Waals surface area (Å²) in [5.41, 5.74) is 2.34. The van der Waals surface area contributed by atoms with Gasteiger partial charge in [0.15, 0.2) is 0 Å². The van der Waals surface area contributed by atoms with Crippen molar-refractivity contribution in [2.24, 2.45) is 0 Å². The fraction of sp³-hybridized carbons (Fsp3) is 0.364. The molecule has 0 amide bonds. The van der Waals surface area contributed by atoms with Crippen LogP contribution in [0.15, 0.2) is 24.3 Å². The van der Waals surface area contributed by atoms with Crippen molar-refractivity contribution in [3.8, 4) is 0 Å². The van der Waals surface area contributed by atoms with Crippen molar-refractivity contribution in [1.82, 2.24) is 0 Å². The maximum Gasteiger partial charge on any atom is 0.0642 e. The number of para-hydroxylation sites is 1. The fourth-order valence-electron chi connectivity index (χ4n) is 1.62. The lowest BCUT2D eigenvalue weighted by molar-refractivity contribution is 0.122. The summed E-state index contributed by atoms with van der Waals surface area (Å²) >= 11 is 0. The predicted molar refractivity (Wildman–Crippen MR) is 53.9 cm³/mol. The van der Waals surface area contributed by atoms with Gasteiger partial charge in [0.05, 0.1) is 13.2 Å². The van der Waals surface area contributed by atoms with Crippen LogP contribution < -0.4 is 4.90 Å². The van der Waals surface area contributed by atoms with Crippen LogP contribution in [0.2, 0.25) is 0 Å². The molecule has 1 radical (unpaired) electrons. The summed E-state index contributed by atoms with van der Waals surface area (Å²) in [5, 5.41) is 0. The number of hydrogen-bond acceptors (Lipinski definition) is 2. The van der Waals surface area contributed by atoms with Crippen LogP contribution in [0.1, 0.15) is 5.56 Å². The highest BCUT2D eigenvalue weighted by Gasteiger charge is 2.11. The van der Waals surface area contributed by atoms with Crippen LogP contribution in [-0.4, -0.2) is 26.3 Å². The van der Waals surface area contributed by atoms with Gasteiger partial charge in [-0.15, -0.1) is 0 Å². The van der Waals surface area contributed by atoms with Crippen LogP contribution >= 0.6 is 0 Å². The Kier molecular flexibility index (Phi) is 2.50. The van der Waals surface area contributed by atoms with E-state index in [-0.39, 0.29) is 0 Å². The predicted octanol–water partition coefficient (Wildman–Crippen LogP) is 1.71. The molecule has 0 N–H and O–H groups in total. The molecule has 1 aromatic carbocycles. The van der Waals surface area contributed by atoms with Gasteiger partial charge >= 0.3 is 0 Å². The van der Waals surface area contributed by atoms with Crippen molar-refractivity contribution < 1.29 is 4.74 Å². The third-order valence-corrected chi connectivity index (χ3v) is 2.34. The van der Waals surface area contributed by atoms with E-state index in [0.29, 0.717) is 0 Å². The molecule has 2 heteroatoms. The van der Waals surface area contributed by atoms with Crippen LogP contribution in [0.4, 0.5) is 5.69 Å². The third kappa shape index (κ3) is 1.83. The van der Waals surface area contributed by atoms with Gasteiger partial charge in [-0.2, -0.15) is 0 Å². The van der Waals surface area contributed by atoms with Gasteiger partial charge in [-0.25, -0.2) is 0 Å². The summed E-state index contributed by atoms with van der Waals surface area (Å²) in [5.74, 6) is 0. The van der Waals surface area contributed by atoms with E-state index in [1.165, 1.54) is 5.69 Å². The maximum absolute atomic E-state index is 5.30. The van der Waals surface area contributed by atoms with E-state index in [0.717, 1.165) is 31.9 Å². The average molecular weight is 176 g/mol. The quantitative estimate of drug-likeness (QED) is 0.646. The lowest BCUT2D eigenvalue weighted by atomic mass is 10.2. The van der Waals surface area contributed by atoms with Crippen LogP contribution in [-0.2, 0) is 4.74 Å². The Morgan fingerprint density at radius 3 is 2.54 bits per heavy atom. The Labute approximate surface area is 79.1 Å². The Hall–Kier alpha value is -1.02. The van der Waals surface area contributed by atoms with E-state index in [1.807, 2.05) is 12.1 Å². The molecule has 0 spiro atoms. The second-order valence-electron chi connectivity index (χ2n) is 3.23. The minimum atomic E-state index is 0.828. The van der Waals surface area contributed by atoms with Crippen molar-refractivity contribution in [3.63, 3.8) is 0 Å². The molecule has 1 heterocycles. The number of anilines is 1. The van der Waals surface area contributed by atoms with E-state index < -0.39 is 0 Å². The molecule has 1 aliphatic rings. The van der Waals surface area contributed by atoms with Crippen LogP contribution in [0.25, 0.3) is 0 Å². The van der Waals surface area contributed by atoms with Gasteiger partial charge in [0.25, 0.3) is 0 Å². The zero-order chi connectivity index (χ0) is 9.10. The monoisotopic (exact) mass is 176 g/mol. The first kappa shape index (κ1) is 8.57. The Balaban J connectivity index is 2.18. The minimum absolute atomic E-state index is 0.828. The van der Waals surface area contributed by atoms with Gasteiger partial charge in [0.1, 0.15) is 0 Å². The Morgan fingerprint density at radius 1 is 1.15 bits per heavy atom. The number of nitrogens with zero attached hydrogens (tertiary/aromatic N) is 1. The Bertz CT molecular complexity index is 279. The molecule has 13 heavy (non-hydrogen) atoms. The molecule has 0 unspecified atom stereocenters. The smallest absolute Gasteiger partial charge is 0.0642 e. The minimum Gasteiger partial charge on any atom is -0.378 e. The maximum atomic E-state index is 5.30. The number of hydrogen-bond donors (Lipinski definition) is 0. The van der Waals surface area contributed by atoms with Crippen LogP contribution in [0.5, 0.6) is 0 Å². The molecule has 0 atom stereocenters. The van der Waals surface area contributed by atoms with Crippen LogP contribution in [0.3, 0.4) is 0 Å². The molecule has 0 aromatic heterocycles. The van der Waals surface area contributed by atoms with Crippen molar-refractivity contribution in [2.75, 3.05) is 31.2 Å². The molecule has 1 fully saturated rings. The molecular weight excluding hydrogens is 162 g/mol. The standard InChI is InChI=1S/C11H14NO/c1-10-4-2-3-5-11(10)12-6-8-13-9-7-12/h2-5H,1,6-9H2. The SMILES string of the molecule is [CH2]c1ccccc1N1CCOCC1. The van der Waals surface area contributed by atoms with Crippen molar-refractivity contribution in [1.29, 1.82) is 0 Å². The van der Waals surface area contributed by atoms with Crippen LogP contribution in [0, 0.1) is 6.92 Å². The summed E-state index contributed by atoms with van der Waals surface area (Å²) in [6.07, 6.45) is 0. The van der Waals surface area contributed by atoms with E-state index in [4.69, 9.17) is 4.74 Å². The summed E-state index contributed by atoms with van der Waals surface area (Å²) in [7, 11) is 0. The van der Waals surface area contributed by atoms with Gasteiger partial charge in [-0.1, -0.05) is 18.2 Å². The Morgan fingerprint density at radius 2 is 1.85 bits per heavy atom. The second-order valence-corrected chi connectivity index (χ2v) is 3.23. The topological polar surface area (TPSA) is 12.5 Å². The summed E-state index contributed by atoms with van der Waals surface area (Å²) in [4.78, 5) is 2.33.